The molecular formula is C29H29NO4. The monoisotopic (exact) mass is 455 g/mol. The highest BCUT2D eigenvalue weighted by molar-refractivity contribution is 5.93. The second-order valence-electron chi connectivity index (χ2n) is 8.00. The number of nitrogens with zero attached hydrogens (tertiary/aromatic N) is 1. The van der Waals surface area contributed by atoms with Crippen LogP contribution in [0.2, 0.25) is 0 Å². The van der Waals surface area contributed by atoms with Gasteiger partial charge >= 0.3 is 5.97 Å². The molecule has 5 heteroatoms. The number of hydrogen-bond acceptors (Lipinski definition) is 4. The largest absolute Gasteiger partial charge is 0.493 e. The molecule has 0 aliphatic rings. The van der Waals surface area contributed by atoms with Crippen LogP contribution in [0, 0.1) is 0 Å². The summed E-state index contributed by atoms with van der Waals surface area (Å²) in [7, 11) is 4.70. The molecule has 174 valence electrons. The van der Waals surface area contributed by atoms with Crippen molar-refractivity contribution in [3.8, 4) is 22.8 Å². The van der Waals surface area contributed by atoms with E-state index in [4.69, 9.17) is 14.2 Å². The summed E-state index contributed by atoms with van der Waals surface area (Å²) in [6, 6.07) is 28.3. The van der Waals surface area contributed by atoms with Crippen molar-refractivity contribution in [1.29, 1.82) is 0 Å². The first-order valence-corrected chi connectivity index (χ1v) is 11.3. The second-order valence-corrected chi connectivity index (χ2v) is 8.00. The van der Waals surface area contributed by atoms with Gasteiger partial charge in [0, 0.05) is 24.4 Å². The molecule has 4 rings (SSSR count). The first-order valence-electron chi connectivity index (χ1n) is 11.3. The van der Waals surface area contributed by atoms with E-state index < -0.39 is 0 Å². The molecule has 0 saturated carbocycles. The van der Waals surface area contributed by atoms with Crippen LogP contribution in [-0.4, -0.2) is 31.9 Å². The highest BCUT2D eigenvalue weighted by atomic mass is 16.5. The lowest BCUT2D eigenvalue weighted by Gasteiger charge is -2.16. The molecule has 0 fully saturated rings. The van der Waals surface area contributed by atoms with Crippen LogP contribution >= 0.6 is 0 Å². The van der Waals surface area contributed by atoms with Crippen LogP contribution < -0.4 is 9.47 Å². The molecule has 34 heavy (non-hydrogen) atoms. The maximum absolute atomic E-state index is 12.8. The van der Waals surface area contributed by atoms with Crippen LogP contribution in [0.4, 0.5) is 0 Å². The summed E-state index contributed by atoms with van der Waals surface area (Å²) < 4.78 is 18.3. The number of ether oxygens (including phenoxy) is 3. The maximum Gasteiger partial charge on any atom is 0.339 e. The zero-order valence-corrected chi connectivity index (χ0v) is 19.8. The van der Waals surface area contributed by atoms with Crippen molar-refractivity contribution >= 4 is 5.97 Å². The molecule has 0 amide bonds. The van der Waals surface area contributed by atoms with Gasteiger partial charge in [-0.05, 0) is 41.3 Å². The maximum atomic E-state index is 12.8. The Morgan fingerprint density at radius 2 is 1.44 bits per heavy atom. The van der Waals surface area contributed by atoms with Crippen molar-refractivity contribution in [2.45, 2.75) is 19.4 Å². The Bertz CT molecular complexity index is 1250. The average Bonchev–Trinajstić information content (AvgIpc) is 3.25. The normalized spacial score (nSPS) is 10.7. The van der Waals surface area contributed by atoms with Gasteiger partial charge in [-0.2, -0.15) is 0 Å². The Labute approximate surface area is 200 Å². The minimum atomic E-state index is -0.326. The lowest BCUT2D eigenvalue weighted by molar-refractivity contribution is 0.0599. The Kier molecular flexibility index (Phi) is 7.33. The number of esters is 1. The van der Waals surface area contributed by atoms with Crippen molar-refractivity contribution < 1.29 is 19.0 Å². The number of methoxy groups -OCH3 is 3. The van der Waals surface area contributed by atoms with Crippen molar-refractivity contribution in [2.75, 3.05) is 21.3 Å². The fourth-order valence-corrected chi connectivity index (χ4v) is 4.24. The molecule has 0 atom stereocenters. The van der Waals surface area contributed by atoms with E-state index in [2.05, 4.69) is 28.8 Å². The molecule has 3 aromatic carbocycles. The third-order valence-electron chi connectivity index (χ3n) is 5.97. The van der Waals surface area contributed by atoms with E-state index >= 15 is 0 Å². The van der Waals surface area contributed by atoms with Crippen molar-refractivity contribution in [3.05, 3.63) is 107 Å². The van der Waals surface area contributed by atoms with Crippen LogP contribution in [0.1, 0.15) is 27.2 Å². The topological polar surface area (TPSA) is 49.7 Å². The zero-order valence-electron chi connectivity index (χ0n) is 19.8. The van der Waals surface area contributed by atoms with Crippen LogP contribution in [-0.2, 0) is 24.1 Å². The molecule has 5 nitrogen and oxygen atoms in total. The summed E-state index contributed by atoms with van der Waals surface area (Å²) in [6.07, 6.45) is 1.39. The predicted octanol–water partition coefficient (Wildman–Crippen LogP) is 5.79. The van der Waals surface area contributed by atoms with E-state index in [1.807, 2.05) is 60.7 Å². The summed E-state index contributed by atoms with van der Waals surface area (Å²) in [5.41, 5.74) is 5.84. The standard InChI is InChI=1S/C29H29NO4/c1-32-27-15-14-22(19-28(27)33-2)16-17-30-25(23-12-8-5-9-13-23)20-24(29(31)34-3)26(30)18-21-10-6-4-7-11-21/h4-15,19-20H,16-18H2,1-3H3. The van der Waals surface area contributed by atoms with E-state index in [1.165, 1.54) is 7.11 Å². The molecule has 0 N–H and O–H groups in total. The molecule has 0 bridgehead atoms. The molecule has 0 aliphatic heterocycles. The molecule has 0 saturated heterocycles. The summed E-state index contributed by atoms with van der Waals surface area (Å²) in [5, 5.41) is 0. The summed E-state index contributed by atoms with van der Waals surface area (Å²) in [5.74, 6) is 1.08. The van der Waals surface area contributed by atoms with E-state index in [0.29, 0.717) is 30.0 Å². The van der Waals surface area contributed by atoms with Gasteiger partial charge in [0.2, 0.25) is 0 Å². The van der Waals surface area contributed by atoms with Crippen LogP contribution in [0.5, 0.6) is 11.5 Å². The van der Waals surface area contributed by atoms with Gasteiger partial charge in [-0.1, -0.05) is 66.7 Å². The van der Waals surface area contributed by atoms with Gasteiger partial charge in [-0.15, -0.1) is 0 Å². The molecule has 4 aromatic rings. The molecular weight excluding hydrogens is 426 g/mol. The average molecular weight is 456 g/mol. The van der Waals surface area contributed by atoms with E-state index in [1.54, 1.807) is 14.2 Å². The zero-order chi connectivity index (χ0) is 23.9. The predicted molar refractivity (Wildman–Crippen MR) is 134 cm³/mol. The minimum Gasteiger partial charge on any atom is -0.493 e. The highest BCUT2D eigenvalue weighted by Crippen LogP contribution is 2.31. The first-order chi connectivity index (χ1) is 16.6. The second kappa shape index (κ2) is 10.8. The van der Waals surface area contributed by atoms with Gasteiger partial charge < -0.3 is 18.8 Å². The third kappa shape index (κ3) is 4.99. The highest BCUT2D eigenvalue weighted by Gasteiger charge is 2.22. The molecule has 0 unspecified atom stereocenters. The molecule has 0 radical (unpaired) electrons. The van der Waals surface area contributed by atoms with E-state index in [9.17, 15) is 4.79 Å². The van der Waals surface area contributed by atoms with Gasteiger partial charge in [-0.3, -0.25) is 0 Å². The number of carbonyl (C=O) groups excluding carboxylic acids is 1. The summed E-state index contributed by atoms with van der Waals surface area (Å²) >= 11 is 0. The number of carbonyl (C=O) groups is 1. The smallest absolute Gasteiger partial charge is 0.339 e. The van der Waals surface area contributed by atoms with Crippen LogP contribution in [0.15, 0.2) is 84.9 Å². The molecule has 1 aromatic heterocycles. The number of rotatable bonds is 9. The molecule has 0 aliphatic carbocycles. The fourth-order valence-electron chi connectivity index (χ4n) is 4.24. The number of aromatic nitrogens is 1. The van der Waals surface area contributed by atoms with Crippen molar-refractivity contribution in [2.24, 2.45) is 0 Å². The van der Waals surface area contributed by atoms with Crippen molar-refractivity contribution in [1.82, 2.24) is 4.57 Å². The Morgan fingerprint density at radius 1 is 0.765 bits per heavy atom. The van der Waals surface area contributed by atoms with E-state index in [0.717, 1.165) is 34.5 Å². The van der Waals surface area contributed by atoms with Gasteiger partial charge in [0.1, 0.15) is 0 Å². The SMILES string of the molecule is COC(=O)c1cc(-c2ccccc2)n(CCc2ccc(OC)c(OC)c2)c1Cc1ccccc1. The van der Waals surface area contributed by atoms with Gasteiger partial charge in [-0.25, -0.2) is 4.79 Å². The first kappa shape index (κ1) is 23.2. The third-order valence-corrected chi connectivity index (χ3v) is 5.97. The fraction of sp³-hybridized carbons (Fsp3) is 0.207. The minimum absolute atomic E-state index is 0.326. The summed E-state index contributed by atoms with van der Waals surface area (Å²) in [6.45, 7) is 0.693. The lowest BCUT2D eigenvalue weighted by Crippen LogP contribution is -2.11. The molecule has 1 heterocycles. The Balaban J connectivity index is 1.78. The quantitative estimate of drug-likeness (QED) is 0.300. The number of aryl methyl sites for hydroxylation is 1. The van der Waals surface area contributed by atoms with Crippen LogP contribution in [0.25, 0.3) is 11.3 Å². The molecule has 0 spiro atoms. The van der Waals surface area contributed by atoms with Gasteiger partial charge in [0.25, 0.3) is 0 Å². The van der Waals surface area contributed by atoms with Gasteiger partial charge in [0.15, 0.2) is 11.5 Å². The van der Waals surface area contributed by atoms with Crippen molar-refractivity contribution in [3.63, 3.8) is 0 Å². The Hall–Kier alpha value is -3.99. The van der Waals surface area contributed by atoms with Crippen LogP contribution in [0.3, 0.4) is 0 Å². The number of hydrogen-bond donors (Lipinski definition) is 0. The number of benzene rings is 3. The lowest BCUT2D eigenvalue weighted by atomic mass is 10.1. The summed E-state index contributed by atoms with van der Waals surface area (Å²) in [4.78, 5) is 12.8. The van der Waals surface area contributed by atoms with E-state index in [-0.39, 0.29) is 5.97 Å². The van der Waals surface area contributed by atoms with Gasteiger partial charge in [0.05, 0.1) is 26.9 Å². The Morgan fingerprint density at radius 3 is 2.09 bits per heavy atom.